The number of benzene rings is 1. The lowest BCUT2D eigenvalue weighted by molar-refractivity contribution is -0.115. The van der Waals surface area contributed by atoms with Gasteiger partial charge in [0.15, 0.2) is 5.78 Å². The minimum Gasteiger partial charge on any atom is -0.295 e. The molecule has 16 heavy (non-hydrogen) atoms. The molecule has 1 aliphatic rings. The first kappa shape index (κ1) is 11.1. The van der Waals surface area contributed by atoms with Crippen LogP contribution in [0.5, 0.6) is 0 Å². The van der Waals surface area contributed by atoms with Gasteiger partial charge in [0.2, 0.25) is 0 Å². The second-order valence-corrected chi connectivity index (χ2v) is 4.42. The zero-order chi connectivity index (χ0) is 11.2. The van der Waals surface area contributed by atoms with Gasteiger partial charge in [-0.25, -0.2) is 0 Å². The predicted octanol–water partition coefficient (Wildman–Crippen LogP) is 3.99. The first-order chi connectivity index (χ1) is 7.86. The van der Waals surface area contributed by atoms with E-state index >= 15 is 0 Å². The third-order valence-corrected chi connectivity index (χ3v) is 3.10. The first-order valence-corrected chi connectivity index (χ1v) is 6.15. The maximum absolute atomic E-state index is 11.9. The topological polar surface area (TPSA) is 17.1 Å². The van der Waals surface area contributed by atoms with Crippen LogP contribution in [0, 0.1) is 0 Å². The second kappa shape index (κ2) is 5.64. The Morgan fingerprint density at radius 3 is 2.31 bits per heavy atom. The minimum absolute atomic E-state index is 0.351. The molecule has 0 atom stereocenters. The van der Waals surface area contributed by atoms with E-state index in [4.69, 9.17) is 0 Å². The first-order valence-electron chi connectivity index (χ1n) is 6.15. The predicted molar refractivity (Wildman–Crippen MR) is 67.1 cm³/mol. The highest BCUT2D eigenvalue weighted by Crippen LogP contribution is 2.21. The van der Waals surface area contributed by atoms with E-state index in [1.807, 2.05) is 18.2 Å². The van der Waals surface area contributed by atoms with Gasteiger partial charge in [0.05, 0.1) is 0 Å². The third-order valence-electron chi connectivity index (χ3n) is 3.10. The highest BCUT2D eigenvalue weighted by Gasteiger charge is 2.11. The zero-order valence-corrected chi connectivity index (χ0v) is 9.61. The number of carbonyl (C=O) groups excluding carboxylic acids is 1. The van der Waals surface area contributed by atoms with Gasteiger partial charge in [-0.2, -0.15) is 0 Å². The molecule has 0 unspecified atom stereocenters. The fraction of sp³-hybridized carbons (Fsp3) is 0.400. The van der Waals surface area contributed by atoms with Crippen LogP contribution < -0.4 is 0 Å². The van der Waals surface area contributed by atoms with E-state index in [9.17, 15) is 4.79 Å². The number of carbonyl (C=O) groups is 1. The fourth-order valence-corrected chi connectivity index (χ4v) is 2.16. The number of rotatable bonds is 1. The average Bonchev–Trinajstić information content (AvgIpc) is 2.30. The number of ketones is 1. The summed E-state index contributed by atoms with van der Waals surface area (Å²) in [6.45, 7) is 0. The molecule has 1 aromatic carbocycles. The maximum Gasteiger partial charge on any atom is 0.158 e. The van der Waals surface area contributed by atoms with Crippen molar-refractivity contribution in [2.75, 3.05) is 0 Å². The summed E-state index contributed by atoms with van der Waals surface area (Å²) in [7, 11) is 0. The standard InChI is InChI=1S/C15H18O/c16-15-11-7-2-1-6-10-14(15)12-13-8-4-3-5-9-13/h3-5,8-9,12H,1-2,6-7,10-11H2. The molecule has 1 aliphatic carbocycles. The summed E-state index contributed by atoms with van der Waals surface area (Å²) in [5.74, 6) is 0.351. The molecule has 1 heteroatoms. The van der Waals surface area contributed by atoms with Crippen LogP contribution in [0.1, 0.15) is 44.1 Å². The summed E-state index contributed by atoms with van der Waals surface area (Å²) in [5.41, 5.74) is 2.16. The molecule has 0 radical (unpaired) electrons. The Bertz CT molecular complexity index is 376. The Morgan fingerprint density at radius 1 is 0.875 bits per heavy atom. The van der Waals surface area contributed by atoms with Gasteiger partial charge >= 0.3 is 0 Å². The number of hydrogen-bond acceptors (Lipinski definition) is 1. The lowest BCUT2D eigenvalue weighted by Gasteiger charge is -2.11. The molecule has 0 heterocycles. The van der Waals surface area contributed by atoms with Crippen LogP contribution in [0.4, 0.5) is 0 Å². The van der Waals surface area contributed by atoms with Gasteiger partial charge in [0, 0.05) is 6.42 Å². The highest BCUT2D eigenvalue weighted by atomic mass is 16.1. The van der Waals surface area contributed by atoms with Crippen molar-refractivity contribution in [1.29, 1.82) is 0 Å². The Labute approximate surface area is 97.2 Å². The Morgan fingerprint density at radius 2 is 1.56 bits per heavy atom. The van der Waals surface area contributed by atoms with Gasteiger partial charge in [-0.15, -0.1) is 0 Å². The molecule has 1 nitrogen and oxygen atoms in total. The van der Waals surface area contributed by atoms with Crippen LogP contribution in [0.25, 0.3) is 6.08 Å². The Balaban J connectivity index is 2.16. The van der Waals surface area contributed by atoms with E-state index in [1.165, 1.54) is 12.8 Å². The largest absolute Gasteiger partial charge is 0.295 e. The van der Waals surface area contributed by atoms with Gasteiger partial charge < -0.3 is 0 Å². The smallest absolute Gasteiger partial charge is 0.158 e. The van der Waals surface area contributed by atoms with Crippen molar-refractivity contribution in [2.24, 2.45) is 0 Å². The van der Waals surface area contributed by atoms with E-state index in [0.717, 1.165) is 36.8 Å². The molecule has 0 bridgehead atoms. The Kier molecular flexibility index (Phi) is 3.92. The van der Waals surface area contributed by atoms with Crippen molar-refractivity contribution in [3.8, 4) is 0 Å². The molecule has 1 fully saturated rings. The van der Waals surface area contributed by atoms with Crippen molar-refractivity contribution in [2.45, 2.75) is 38.5 Å². The summed E-state index contributed by atoms with van der Waals surface area (Å²) in [4.78, 5) is 11.9. The summed E-state index contributed by atoms with van der Waals surface area (Å²) in [6.07, 6.45) is 8.44. The van der Waals surface area contributed by atoms with Crippen molar-refractivity contribution in [3.05, 3.63) is 41.5 Å². The molecule has 1 aromatic rings. The number of hydrogen-bond donors (Lipinski definition) is 0. The number of allylic oxidation sites excluding steroid dienone is 1. The molecule has 0 saturated heterocycles. The van der Waals surface area contributed by atoms with E-state index < -0.39 is 0 Å². The van der Waals surface area contributed by atoms with E-state index in [1.54, 1.807) is 0 Å². The van der Waals surface area contributed by atoms with Crippen molar-refractivity contribution >= 4 is 11.9 Å². The summed E-state index contributed by atoms with van der Waals surface area (Å²) < 4.78 is 0. The summed E-state index contributed by atoms with van der Waals surface area (Å²) in [5, 5.41) is 0. The Hall–Kier alpha value is -1.37. The second-order valence-electron chi connectivity index (χ2n) is 4.42. The van der Waals surface area contributed by atoms with E-state index in [2.05, 4.69) is 18.2 Å². The highest BCUT2D eigenvalue weighted by molar-refractivity contribution is 5.99. The van der Waals surface area contributed by atoms with Crippen LogP contribution in [-0.4, -0.2) is 5.78 Å². The van der Waals surface area contributed by atoms with Crippen LogP contribution in [-0.2, 0) is 4.79 Å². The van der Waals surface area contributed by atoms with Crippen molar-refractivity contribution < 1.29 is 4.79 Å². The molecular formula is C15H18O. The zero-order valence-electron chi connectivity index (χ0n) is 9.61. The summed E-state index contributed by atoms with van der Waals surface area (Å²) >= 11 is 0. The molecule has 84 valence electrons. The SMILES string of the molecule is O=C1CCCCCCC1=Cc1ccccc1. The molecule has 0 N–H and O–H groups in total. The molecule has 0 amide bonds. The van der Waals surface area contributed by atoms with Crippen LogP contribution in [0.15, 0.2) is 35.9 Å². The minimum atomic E-state index is 0.351. The van der Waals surface area contributed by atoms with Gasteiger partial charge in [-0.1, -0.05) is 43.2 Å². The van der Waals surface area contributed by atoms with Crippen molar-refractivity contribution in [1.82, 2.24) is 0 Å². The number of Topliss-reactive ketones (excluding diaryl/α,β-unsaturated/α-hetero) is 1. The lowest BCUT2D eigenvalue weighted by atomic mass is 9.94. The molecule has 0 aliphatic heterocycles. The van der Waals surface area contributed by atoms with Crippen molar-refractivity contribution in [3.63, 3.8) is 0 Å². The molecular weight excluding hydrogens is 196 g/mol. The molecule has 0 spiro atoms. The van der Waals surface area contributed by atoms with Crippen LogP contribution in [0.3, 0.4) is 0 Å². The normalized spacial score (nSPS) is 20.5. The van der Waals surface area contributed by atoms with Crippen LogP contribution >= 0.6 is 0 Å². The molecule has 1 saturated carbocycles. The van der Waals surface area contributed by atoms with E-state index in [-0.39, 0.29) is 0 Å². The van der Waals surface area contributed by atoms with Gasteiger partial charge in [-0.3, -0.25) is 4.79 Å². The van der Waals surface area contributed by atoms with E-state index in [0.29, 0.717) is 5.78 Å². The van der Waals surface area contributed by atoms with Gasteiger partial charge in [0.25, 0.3) is 0 Å². The molecule has 2 rings (SSSR count). The third kappa shape index (κ3) is 3.06. The van der Waals surface area contributed by atoms with Gasteiger partial charge in [-0.05, 0) is 36.5 Å². The van der Waals surface area contributed by atoms with Crippen LogP contribution in [0.2, 0.25) is 0 Å². The summed E-state index contributed by atoms with van der Waals surface area (Å²) in [6, 6.07) is 10.1. The monoisotopic (exact) mass is 214 g/mol. The maximum atomic E-state index is 11.9. The molecule has 0 aromatic heterocycles. The van der Waals surface area contributed by atoms with Gasteiger partial charge in [0.1, 0.15) is 0 Å². The fourth-order valence-electron chi connectivity index (χ4n) is 2.16. The lowest BCUT2D eigenvalue weighted by Crippen LogP contribution is -2.05. The quantitative estimate of drug-likeness (QED) is 0.646. The average molecular weight is 214 g/mol.